The Morgan fingerprint density at radius 3 is 1.66 bits per heavy atom. The maximum absolute atomic E-state index is 12.8. The predicted octanol–water partition coefficient (Wildman–Crippen LogP) is 10.1. The van der Waals surface area contributed by atoms with Gasteiger partial charge in [0.25, 0.3) is 7.82 Å². The summed E-state index contributed by atoms with van der Waals surface area (Å²) in [5.41, 5.74) is 0. The molecule has 9 heteroatoms. The molecule has 3 unspecified atom stereocenters. The molecule has 0 heterocycles. The van der Waals surface area contributed by atoms with Gasteiger partial charge in [-0.05, 0) is 44.9 Å². The molecular weight excluding hydrogens is 647 g/mol. The lowest BCUT2D eigenvalue weighted by Gasteiger charge is -2.29. The van der Waals surface area contributed by atoms with Gasteiger partial charge in [0, 0.05) is 6.42 Å². The molecule has 3 atom stereocenters. The standard InChI is InChI=1S/C41H79N2O6P/c1-6-8-10-12-14-16-18-20-21-23-25-27-29-31-33-35-41(45)42-39(38-49-50(46,47)48-37-36-43(3,4)5)40(44)34-32-30-28-26-24-22-19-17-15-13-11-9-7-2/h14,16,18,20,32,34,39-40,44H,6-13,15,17,19,21-31,33,35-38H2,1-5H3,(H-,42,45,46,47)/b16-14-,20-18-,34-32+. The van der Waals surface area contributed by atoms with E-state index in [1.54, 1.807) is 6.08 Å². The van der Waals surface area contributed by atoms with Gasteiger partial charge < -0.3 is 28.8 Å². The van der Waals surface area contributed by atoms with Crippen LogP contribution in [0.3, 0.4) is 0 Å². The second kappa shape index (κ2) is 33.5. The van der Waals surface area contributed by atoms with Gasteiger partial charge in [-0.3, -0.25) is 9.36 Å². The molecule has 0 rings (SSSR count). The molecule has 2 N–H and O–H groups in total. The normalized spacial score (nSPS) is 14.9. The average molecular weight is 727 g/mol. The van der Waals surface area contributed by atoms with Crippen molar-refractivity contribution in [2.75, 3.05) is 40.9 Å². The minimum absolute atomic E-state index is 0.00401. The summed E-state index contributed by atoms with van der Waals surface area (Å²) in [6.07, 6.45) is 38.9. The molecule has 0 aromatic rings. The Bertz CT molecular complexity index is 917. The van der Waals surface area contributed by atoms with Gasteiger partial charge in [0.1, 0.15) is 13.2 Å². The number of phosphoric acid groups is 1. The minimum Gasteiger partial charge on any atom is -0.756 e. The number of hydrogen-bond donors (Lipinski definition) is 2. The Morgan fingerprint density at radius 1 is 0.700 bits per heavy atom. The number of amides is 1. The summed E-state index contributed by atoms with van der Waals surface area (Å²) >= 11 is 0. The van der Waals surface area contributed by atoms with Crippen molar-refractivity contribution in [3.05, 3.63) is 36.5 Å². The van der Waals surface area contributed by atoms with E-state index >= 15 is 0 Å². The second-order valence-electron chi connectivity index (χ2n) is 15.0. The number of rotatable bonds is 36. The second-order valence-corrected chi connectivity index (χ2v) is 16.4. The van der Waals surface area contributed by atoms with Crippen molar-refractivity contribution in [3.8, 4) is 0 Å². The molecule has 8 nitrogen and oxygen atoms in total. The molecule has 294 valence electrons. The summed E-state index contributed by atoms with van der Waals surface area (Å²) in [4.78, 5) is 25.2. The Balaban J connectivity index is 4.53. The van der Waals surface area contributed by atoms with Crippen LogP contribution in [0.4, 0.5) is 0 Å². The molecule has 0 aliphatic heterocycles. The van der Waals surface area contributed by atoms with Crippen LogP contribution >= 0.6 is 7.82 Å². The van der Waals surface area contributed by atoms with E-state index in [2.05, 4.69) is 43.5 Å². The van der Waals surface area contributed by atoms with Crippen LogP contribution in [-0.2, 0) is 18.4 Å². The van der Waals surface area contributed by atoms with Crippen molar-refractivity contribution in [2.24, 2.45) is 0 Å². The number of phosphoric ester groups is 1. The maximum Gasteiger partial charge on any atom is 0.268 e. The summed E-state index contributed by atoms with van der Waals surface area (Å²) in [6, 6.07) is -0.889. The number of unbranched alkanes of at least 4 members (excludes halogenated alkanes) is 20. The molecule has 1 amide bonds. The topological polar surface area (TPSA) is 108 Å². The highest BCUT2D eigenvalue weighted by Crippen LogP contribution is 2.38. The Labute approximate surface area is 308 Å². The number of quaternary nitrogens is 1. The van der Waals surface area contributed by atoms with Gasteiger partial charge in [0.2, 0.25) is 5.91 Å². The van der Waals surface area contributed by atoms with Crippen molar-refractivity contribution < 1.29 is 32.9 Å². The van der Waals surface area contributed by atoms with Gasteiger partial charge in [0.05, 0.1) is 39.9 Å². The van der Waals surface area contributed by atoms with E-state index in [9.17, 15) is 19.4 Å². The third kappa shape index (κ3) is 35.1. The van der Waals surface area contributed by atoms with Crippen LogP contribution < -0.4 is 10.2 Å². The van der Waals surface area contributed by atoms with E-state index in [0.29, 0.717) is 17.4 Å². The van der Waals surface area contributed by atoms with Crippen molar-refractivity contribution in [3.63, 3.8) is 0 Å². The van der Waals surface area contributed by atoms with E-state index in [-0.39, 0.29) is 19.1 Å². The fourth-order valence-corrected chi connectivity index (χ4v) is 6.28. The first kappa shape index (κ1) is 48.7. The zero-order chi connectivity index (χ0) is 37.2. The number of nitrogens with zero attached hydrogens (tertiary/aromatic N) is 1. The monoisotopic (exact) mass is 727 g/mol. The first-order valence-corrected chi connectivity index (χ1v) is 21.8. The van der Waals surface area contributed by atoms with Gasteiger partial charge in [-0.25, -0.2) is 0 Å². The number of likely N-dealkylation sites (N-methyl/N-ethyl adjacent to an activating group) is 1. The van der Waals surface area contributed by atoms with Crippen LogP contribution in [0.25, 0.3) is 0 Å². The van der Waals surface area contributed by atoms with Gasteiger partial charge in [-0.2, -0.15) is 0 Å². The van der Waals surface area contributed by atoms with Crippen molar-refractivity contribution >= 4 is 13.7 Å². The SMILES string of the molecule is CCCCC/C=C\C=C/CCCCCCCCC(=O)NC(COP(=O)([O-])OCC[N+](C)(C)C)C(O)/C=C/CCCCCCCCCCCCC. The molecule has 0 saturated carbocycles. The molecule has 0 spiro atoms. The molecule has 50 heavy (non-hydrogen) atoms. The number of allylic oxidation sites excluding steroid dienone is 5. The number of nitrogens with one attached hydrogen (secondary N) is 1. The fourth-order valence-electron chi connectivity index (χ4n) is 5.55. The third-order valence-electron chi connectivity index (χ3n) is 8.87. The fraction of sp³-hybridized carbons (Fsp3) is 0.829. The molecule has 0 fully saturated rings. The smallest absolute Gasteiger partial charge is 0.268 e. The summed E-state index contributed by atoms with van der Waals surface area (Å²) < 4.78 is 23.1. The molecule has 0 radical (unpaired) electrons. The average Bonchev–Trinajstić information content (AvgIpc) is 3.06. The van der Waals surface area contributed by atoms with Crippen LogP contribution in [0, 0.1) is 0 Å². The van der Waals surface area contributed by atoms with Crippen molar-refractivity contribution in [2.45, 2.75) is 180 Å². The van der Waals surface area contributed by atoms with E-state index in [0.717, 1.165) is 57.8 Å². The van der Waals surface area contributed by atoms with Gasteiger partial charge in [0.15, 0.2) is 0 Å². The highest BCUT2D eigenvalue weighted by molar-refractivity contribution is 7.45. The molecule has 0 aromatic heterocycles. The summed E-state index contributed by atoms with van der Waals surface area (Å²) in [6.45, 7) is 4.58. The Hall–Kier alpha value is -1.28. The highest BCUT2D eigenvalue weighted by Gasteiger charge is 2.23. The Morgan fingerprint density at radius 2 is 1.14 bits per heavy atom. The quantitative estimate of drug-likeness (QED) is 0.0219. The zero-order valence-corrected chi connectivity index (χ0v) is 34.0. The van der Waals surface area contributed by atoms with Crippen LogP contribution in [0.15, 0.2) is 36.5 Å². The Kier molecular flexibility index (Phi) is 32.7. The lowest BCUT2D eigenvalue weighted by molar-refractivity contribution is -0.870. The number of carbonyl (C=O) groups excluding carboxylic acids is 1. The van der Waals surface area contributed by atoms with Gasteiger partial charge >= 0.3 is 0 Å². The lowest BCUT2D eigenvalue weighted by atomic mass is 10.0. The molecule has 0 bridgehead atoms. The number of aliphatic hydroxyl groups is 1. The largest absolute Gasteiger partial charge is 0.756 e. The first-order valence-electron chi connectivity index (χ1n) is 20.4. The first-order chi connectivity index (χ1) is 24.0. The minimum atomic E-state index is -4.58. The van der Waals surface area contributed by atoms with E-state index in [1.807, 2.05) is 27.2 Å². The zero-order valence-electron chi connectivity index (χ0n) is 33.1. The molecule has 0 aromatic carbocycles. The van der Waals surface area contributed by atoms with E-state index < -0.39 is 20.0 Å². The molecule has 0 aliphatic carbocycles. The number of hydrogen-bond acceptors (Lipinski definition) is 6. The summed E-state index contributed by atoms with van der Waals surface area (Å²) in [5, 5.41) is 13.7. The van der Waals surface area contributed by atoms with Crippen LogP contribution in [0.1, 0.15) is 168 Å². The lowest BCUT2D eigenvalue weighted by Crippen LogP contribution is -2.45. The predicted molar refractivity (Wildman–Crippen MR) is 210 cm³/mol. The van der Waals surface area contributed by atoms with E-state index in [1.165, 1.54) is 89.9 Å². The van der Waals surface area contributed by atoms with E-state index in [4.69, 9.17) is 9.05 Å². The van der Waals surface area contributed by atoms with Gasteiger partial charge in [-0.1, -0.05) is 153 Å². The van der Waals surface area contributed by atoms with Crippen LogP contribution in [-0.4, -0.2) is 68.5 Å². The van der Waals surface area contributed by atoms with Crippen molar-refractivity contribution in [1.82, 2.24) is 5.32 Å². The number of carbonyl (C=O) groups is 1. The molecular formula is C41H79N2O6P. The third-order valence-corrected chi connectivity index (χ3v) is 9.84. The number of aliphatic hydroxyl groups excluding tert-OH is 1. The summed E-state index contributed by atoms with van der Waals surface area (Å²) in [7, 11) is 1.25. The van der Waals surface area contributed by atoms with Crippen LogP contribution in [0.5, 0.6) is 0 Å². The maximum atomic E-state index is 12.8. The van der Waals surface area contributed by atoms with Crippen LogP contribution in [0.2, 0.25) is 0 Å². The van der Waals surface area contributed by atoms with Gasteiger partial charge in [-0.15, -0.1) is 0 Å². The van der Waals surface area contributed by atoms with Crippen molar-refractivity contribution in [1.29, 1.82) is 0 Å². The molecule has 0 saturated heterocycles. The highest BCUT2D eigenvalue weighted by atomic mass is 31.2. The summed E-state index contributed by atoms with van der Waals surface area (Å²) in [5.74, 6) is -0.212. The molecule has 0 aliphatic rings.